The summed E-state index contributed by atoms with van der Waals surface area (Å²) in [6, 6.07) is 17.1. The standard InChI is InChI=1S/C16H17NO/c1-11(17)18-10-16-14-8-4-2-6-12(14)13-7-3-5-9-15(13)16/h2-9,11,16H,10,17H2,1H3. The molecule has 0 aromatic heterocycles. The molecule has 3 rings (SSSR count). The van der Waals surface area contributed by atoms with Crippen LogP contribution in [0.3, 0.4) is 0 Å². The van der Waals surface area contributed by atoms with Gasteiger partial charge in [0, 0.05) is 5.92 Å². The lowest BCUT2D eigenvalue weighted by molar-refractivity contribution is 0.0660. The highest BCUT2D eigenvalue weighted by atomic mass is 16.5. The number of rotatable bonds is 3. The van der Waals surface area contributed by atoms with Crippen molar-refractivity contribution in [2.75, 3.05) is 6.61 Å². The molecule has 0 amide bonds. The molecule has 2 aromatic rings. The normalized spacial score (nSPS) is 15.2. The number of fused-ring (bicyclic) bond motifs is 3. The van der Waals surface area contributed by atoms with Gasteiger partial charge in [-0.15, -0.1) is 0 Å². The quantitative estimate of drug-likeness (QED) is 0.835. The van der Waals surface area contributed by atoms with Crippen molar-refractivity contribution >= 4 is 0 Å². The van der Waals surface area contributed by atoms with Gasteiger partial charge in [0.05, 0.1) is 6.61 Å². The minimum absolute atomic E-state index is 0.218. The summed E-state index contributed by atoms with van der Waals surface area (Å²) in [5, 5.41) is 0. The molecular formula is C16H17NO. The highest BCUT2D eigenvalue weighted by Crippen LogP contribution is 2.44. The van der Waals surface area contributed by atoms with Crippen molar-refractivity contribution in [3.05, 3.63) is 59.7 Å². The first-order chi connectivity index (χ1) is 8.77. The second-order valence-electron chi connectivity index (χ2n) is 4.77. The molecule has 0 aliphatic heterocycles. The summed E-state index contributed by atoms with van der Waals surface area (Å²) in [6.45, 7) is 2.51. The Bertz CT molecular complexity index is 517. The van der Waals surface area contributed by atoms with Crippen molar-refractivity contribution in [2.24, 2.45) is 5.73 Å². The van der Waals surface area contributed by atoms with E-state index in [9.17, 15) is 0 Å². The van der Waals surface area contributed by atoms with Crippen LogP contribution in [-0.4, -0.2) is 12.8 Å². The van der Waals surface area contributed by atoms with Crippen molar-refractivity contribution in [3.8, 4) is 11.1 Å². The van der Waals surface area contributed by atoms with Crippen LogP contribution in [0.2, 0.25) is 0 Å². The van der Waals surface area contributed by atoms with Gasteiger partial charge in [0.2, 0.25) is 0 Å². The molecule has 18 heavy (non-hydrogen) atoms. The van der Waals surface area contributed by atoms with Gasteiger partial charge in [0.1, 0.15) is 6.23 Å². The number of hydrogen-bond donors (Lipinski definition) is 1. The largest absolute Gasteiger partial charge is 0.363 e. The molecule has 2 aromatic carbocycles. The molecule has 1 aliphatic rings. The molecule has 92 valence electrons. The summed E-state index contributed by atoms with van der Waals surface area (Å²) in [5.41, 5.74) is 11.0. The van der Waals surface area contributed by atoms with Gasteiger partial charge in [-0.05, 0) is 29.2 Å². The van der Waals surface area contributed by atoms with E-state index in [1.54, 1.807) is 0 Å². The van der Waals surface area contributed by atoms with E-state index in [0.29, 0.717) is 12.5 Å². The Hall–Kier alpha value is -1.64. The third kappa shape index (κ3) is 1.84. The van der Waals surface area contributed by atoms with Crippen LogP contribution in [0, 0.1) is 0 Å². The molecule has 0 spiro atoms. The summed E-state index contributed by atoms with van der Waals surface area (Å²) in [6.07, 6.45) is -0.218. The lowest BCUT2D eigenvalue weighted by Crippen LogP contribution is -2.22. The molecule has 2 nitrogen and oxygen atoms in total. The van der Waals surface area contributed by atoms with Gasteiger partial charge in [0.15, 0.2) is 0 Å². The molecule has 1 aliphatic carbocycles. The molecule has 1 atom stereocenters. The number of hydrogen-bond acceptors (Lipinski definition) is 2. The molecule has 0 heterocycles. The van der Waals surface area contributed by atoms with Gasteiger partial charge in [0.25, 0.3) is 0 Å². The first-order valence-electron chi connectivity index (χ1n) is 6.33. The number of benzene rings is 2. The molecule has 0 bridgehead atoms. The van der Waals surface area contributed by atoms with E-state index in [2.05, 4.69) is 48.5 Å². The van der Waals surface area contributed by atoms with E-state index >= 15 is 0 Å². The predicted molar refractivity (Wildman–Crippen MR) is 73.3 cm³/mol. The van der Waals surface area contributed by atoms with Crippen LogP contribution in [-0.2, 0) is 4.74 Å². The monoisotopic (exact) mass is 239 g/mol. The Balaban J connectivity index is 2.03. The second kappa shape index (κ2) is 4.56. The Morgan fingerprint density at radius 2 is 1.50 bits per heavy atom. The van der Waals surface area contributed by atoms with Gasteiger partial charge in [-0.25, -0.2) is 0 Å². The highest BCUT2D eigenvalue weighted by molar-refractivity contribution is 5.78. The van der Waals surface area contributed by atoms with Crippen LogP contribution in [0.15, 0.2) is 48.5 Å². The third-order valence-electron chi connectivity index (χ3n) is 3.49. The van der Waals surface area contributed by atoms with Crippen LogP contribution in [0.1, 0.15) is 24.0 Å². The molecule has 0 fully saturated rings. The molecule has 2 N–H and O–H groups in total. The van der Waals surface area contributed by atoms with Gasteiger partial charge < -0.3 is 10.5 Å². The second-order valence-corrected chi connectivity index (χ2v) is 4.77. The lowest BCUT2D eigenvalue weighted by Gasteiger charge is -2.15. The fourth-order valence-corrected chi connectivity index (χ4v) is 2.69. The minimum atomic E-state index is -0.218. The SMILES string of the molecule is CC(N)OCC1c2ccccc2-c2ccccc21. The van der Waals surface area contributed by atoms with Gasteiger partial charge in [-0.1, -0.05) is 48.5 Å². The maximum Gasteiger partial charge on any atom is 0.102 e. The van der Waals surface area contributed by atoms with Crippen LogP contribution in [0.25, 0.3) is 11.1 Å². The molecule has 0 saturated heterocycles. The summed E-state index contributed by atoms with van der Waals surface area (Å²) in [4.78, 5) is 0. The Kier molecular flexibility index (Phi) is 2.90. The average Bonchev–Trinajstić information content (AvgIpc) is 2.71. The van der Waals surface area contributed by atoms with Crippen molar-refractivity contribution < 1.29 is 4.74 Å². The summed E-state index contributed by atoms with van der Waals surface area (Å²) >= 11 is 0. The molecule has 0 saturated carbocycles. The van der Waals surface area contributed by atoms with Crippen LogP contribution < -0.4 is 5.73 Å². The zero-order valence-corrected chi connectivity index (χ0v) is 10.5. The Labute approximate surface area is 107 Å². The zero-order valence-electron chi connectivity index (χ0n) is 10.5. The molecule has 1 unspecified atom stereocenters. The average molecular weight is 239 g/mol. The van der Waals surface area contributed by atoms with E-state index in [1.807, 2.05) is 6.92 Å². The van der Waals surface area contributed by atoms with Crippen LogP contribution in [0.4, 0.5) is 0 Å². The molecular weight excluding hydrogens is 222 g/mol. The van der Waals surface area contributed by atoms with Crippen molar-refractivity contribution in [1.29, 1.82) is 0 Å². The van der Waals surface area contributed by atoms with Crippen LogP contribution >= 0.6 is 0 Å². The van der Waals surface area contributed by atoms with Crippen molar-refractivity contribution in [1.82, 2.24) is 0 Å². The maximum absolute atomic E-state index is 5.69. The molecule has 0 radical (unpaired) electrons. The van der Waals surface area contributed by atoms with E-state index in [-0.39, 0.29) is 6.23 Å². The first-order valence-corrected chi connectivity index (χ1v) is 6.33. The van der Waals surface area contributed by atoms with E-state index in [1.165, 1.54) is 22.3 Å². The lowest BCUT2D eigenvalue weighted by atomic mass is 9.98. The van der Waals surface area contributed by atoms with Crippen LogP contribution in [0.5, 0.6) is 0 Å². The van der Waals surface area contributed by atoms with Crippen molar-refractivity contribution in [2.45, 2.75) is 19.1 Å². The Morgan fingerprint density at radius 3 is 2.00 bits per heavy atom. The summed E-state index contributed by atoms with van der Waals surface area (Å²) in [7, 11) is 0. The van der Waals surface area contributed by atoms with E-state index < -0.39 is 0 Å². The highest BCUT2D eigenvalue weighted by Gasteiger charge is 2.28. The van der Waals surface area contributed by atoms with Gasteiger partial charge >= 0.3 is 0 Å². The third-order valence-corrected chi connectivity index (χ3v) is 3.49. The topological polar surface area (TPSA) is 35.2 Å². The van der Waals surface area contributed by atoms with Crippen molar-refractivity contribution in [3.63, 3.8) is 0 Å². The zero-order chi connectivity index (χ0) is 12.5. The number of nitrogens with two attached hydrogens (primary N) is 1. The predicted octanol–water partition coefficient (Wildman–Crippen LogP) is 3.12. The van der Waals surface area contributed by atoms with Gasteiger partial charge in [-0.3, -0.25) is 0 Å². The van der Waals surface area contributed by atoms with E-state index in [0.717, 1.165) is 0 Å². The maximum atomic E-state index is 5.69. The van der Waals surface area contributed by atoms with E-state index in [4.69, 9.17) is 10.5 Å². The summed E-state index contributed by atoms with van der Waals surface area (Å²) in [5.74, 6) is 0.309. The Morgan fingerprint density at radius 1 is 1.00 bits per heavy atom. The fourth-order valence-electron chi connectivity index (χ4n) is 2.69. The fraction of sp³-hybridized carbons (Fsp3) is 0.250. The minimum Gasteiger partial charge on any atom is -0.363 e. The van der Waals surface area contributed by atoms with Gasteiger partial charge in [-0.2, -0.15) is 0 Å². The number of ether oxygens (including phenoxy) is 1. The summed E-state index contributed by atoms with van der Waals surface area (Å²) < 4.78 is 5.62. The smallest absolute Gasteiger partial charge is 0.102 e. The first kappa shape index (κ1) is 11.5. The molecule has 2 heteroatoms.